The van der Waals surface area contributed by atoms with Crippen LogP contribution in [0.4, 0.5) is 0 Å². The van der Waals surface area contributed by atoms with Crippen molar-refractivity contribution in [1.82, 2.24) is 3.53 Å². The van der Waals surface area contributed by atoms with Crippen molar-refractivity contribution in [3.05, 3.63) is 35.4 Å². The molecule has 1 aromatic rings. The molecule has 0 fully saturated rings. The van der Waals surface area contributed by atoms with Crippen molar-refractivity contribution in [1.29, 1.82) is 0 Å². The first-order valence-corrected chi connectivity index (χ1v) is 4.54. The zero-order chi connectivity index (χ0) is 8.97. The summed E-state index contributed by atoms with van der Waals surface area (Å²) in [5.41, 5.74) is 6.73. The maximum atomic E-state index is 10.8. The van der Waals surface area contributed by atoms with Gasteiger partial charge in [-0.3, -0.25) is 8.32 Å². The van der Waals surface area contributed by atoms with Crippen LogP contribution in [0.15, 0.2) is 24.3 Å². The molecule has 12 heavy (non-hydrogen) atoms. The third kappa shape index (κ3) is 2.46. The minimum atomic E-state index is -0.384. The molecule has 0 unspecified atom stereocenters. The normalized spacial score (nSPS) is 9.75. The van der Waals surface area contributed by atoms with Crippen molar-refractivity contribution in [2.45, 2.75) is 6.54 Å². The molecule has 1 aromatic carbocycles. The molecule has 64 valence electrons. The SMILES string of the molecule is NC(=O)c1cccc(CNI)c1. The molecule has 0 atom stereocenters. The minimum Gasteiger partial charge on any atom is -0.366 e. The molecule has 3 N–H and O–H groups in total. The van der Waals surface area contributed by atoms with Crippen molar-refractivity contribution >= 4 is 28.8 Å². The van der Waals surface area contributed by atoms with Crippen molar-refractivity contribution in [2.24, 2.45) is 5.73 Å². The summed E-state index contributed by atoms with van der Waals surface area (Å²) in [4.78, 5) is 10.8. The number of nitrogens with two attached hydrogens (primary N) is 1. The first kappa shape index (κ1) is 9.47. The van der Waals surface area contributed by atoms with Gasteiger partial charge in [-0.05, 0) is 17.7 Å². The molecule has 0 radical (unpaired) electrons. The molecule has 0 bridgehead atoms. The number of amides is 1. The lowest BCUT2D eigenvalue weighted by Gasteiger charge is -2.00. The van der Waals surface area contributed by atoms with Crippen LogP contribution >= 0.6 is 22.9 Å². The van der Waals surface area contributed by atoms with Gasteiger partial charge in [0.15, 0.2) is 0 Å². The van der Waals surface area contributed by atoms with Crippen LogP contribution < -0.4 is 9.26 Å². The Kier molecular flexibility index (Phi) is 3.48. The molecular formula is C8H9IN2O. The van der Waals surface area contributed by atoms with Crippen molar-refractivity contribution < 1.29 is 4.79 Å². The van der Waals surface area contributed by atoms with Gasteiger partial charge < -0.3 is 5.73 Å². The summed E-state index contributed by atoms with van der Waals surface area (Å²) in [7, 11) is 0. The molecule has 0 heterocycles. The van der Waals surface area contributed by atoms with Gasteiger partial charge in [0, 0.05) is 35.0 Å². The zero-order valence-corrected chi connectivity index (χ0v) is 8.54. The summed E-state index contributed by atoms with van der Waals surface area (Å²) in [6.07, 6.45) is 0. The highest BCUT2D eigenvalue weighted by Crippen LogP contribution is 2.04. The van der Waals surface area contributed by atoms with Crippen LogP contribution in [0.3, 0.4) is 0 Å². The van der Waals surface area contributed by atoms with Crippen LogP contribution in [-0.2, 0) is 6.54 Å². The number of rotatable bonds is 3. The number of carbonyl (C=O) groups is 1. The number of hydrogen-bond acceptors (Lipinski definition) is 2. The standard InChI is InChI=1S/C8H9IN2O/c9-11-5-6-2-1-3-7(4-6)8(10)12/h1-4,11H,5H2,(H2,10,12). The van der Waals surface area contributed by atoms with E-state index in [1.165, 1.54) is 0 Å². The Morgan fingerprint density at radius 1 is 1.58 bits per heavy atom. The van der Waals surface area contributed by atoms with Gasteiger partial charge in [0.2, 0.25) is 5.91 Å². The van der Waals surface area contributed by atoms with Crippen LogP contribution in [0.5, 0.6) is 0 Å². The average molecular weight is 276 g/mol. The highest BCUT2D eigenvalue weighted by atomic mass is 127. The quantitative estimate of drug-likeness (QED) is 0.644. The highest BCUT2D eigenvalue weighted by Gasteiger charge is 1.99. The Balaban J connectivity index is 2.88. The van der Waals surface area contributed by atoms with E-state index >= 15 is 0 Å². The van der Waals surface area contributed by atoms with E-state index in [1.807, 2.05) is 12.1 Å². The van der Waals surface area contributed by atoms with E-state index < -0.39 is 0 Å². The summed E-state index contributed by atoms with van der Waals surface area (Å²) in [6.45, 7) is 0.738. The van der Waals surface area contributed by atoms with Crippen molar-refractivity contribution in [2.75, 3.05) is 0 Å². The molecule has 1 amide bonds. The Bertz CT molecular complexity index is 288. The summed E-state index contributed by atoms with van der Waals surface area (Å²) in [5, 5.41) is 0. The molecule has 0 saturated heterocycles. The van der Waals surface area contributed by atoms with E-state index in [4.69, 9.17) is 5.73 Å². The monoisotopic (exact) mass is 276 g/mol. The molecular weight excluding hydrogens is 267 g/mol. The number of hydrogen-bond donors (Lipinski definition) is 2. The third-order valence-electron chi connectivity index (χ3n) is 1.48. The Hall–Kier alpha value is -0.620. The molecule has 4 heteroatoms. The third-order valence-corrected chi connectivity index (χ3v) is 1.86. The first-order chi connectivity index (χ1) is 5.74. The minimum absolute atomic E-state index is 0.384. The van der Waals surface area contributed by atoms with Crippen LogP contribution in [0, 0.1) is 0 Å². The van der Waals surface area contributed by atoms with Crippen LogP contribution in [0.1, 0.15) is 15.9 Å². The number of nitrogens with one attached hydrogen (secondary N) is 1. The largest absolute Gasteiger partial charge is 0.366 e. The zero-order valence-electron chi connectivity index (χ0n) is 6.38. The van der Waals surface area contributed by atoms with Crippen LogP contribution in [-0.4, -0.2) is 5.91 Å². The highest BCUT2D eigenvalue weighted by molar-refractivity contribution is 14.1. The number of halogens is 1. The van der Waals surface area contributed by atoms with Crippen LogP contribution in [0.25, 0.3) is 0 Å². The lowest BCUT2D eigenvalue weighted by atomic mass is 10.1. The van der Waals surface area contributed by atoms with Gasteiger partial charge >= 0.3 is 0 Å². The van der Waals surface area contributed by atoms with Crippen molar-refractivity contribution in [3.63, 3.8) is 0 Å². The summed E-state index contributed by atoms with van der Waals surface area (Å²) in [6, 6.07) is 7.26. The first-order valence-electron chi connectivity index (χ1n) is 3.46. The number of carbonyl (C=O) groups excluding carboxylic acids is 1. The van der Waals surface area contributed by atoms with Crippen LogP contribution in [0.2, 0.25) is 0 Å². The lowest BCUT2D eigenvalue weighted by Crippen LogP contribution is -2.11. The van der Waals surface area contributed by atoms with Gasteiger partial charge in [-0.25, -0.2) is 0 Å². The molecule has 0 spiro atoms. The number of primary amides is 1. The summed E-state index contributed by atoms with van der Waals surface area (Å²) in [5.74, 6) is -0.384. The van der Waals surface area contributed by atoms with E-state index in [0.717, 1.165) is 12.1 Å². The second kappa shape index (κ2) is 4.42. The van der Waals surface area contributed by atoms with Gasteiger partial charge in [0.05, 0.1) is 0 Å². The average Bonchev–Trinajstić information content (AvgIpc) is 2.05. The molecule has 0 aromatic heterocycles. The lowest BCUT2D eigenvalue weighted by molar-refractivity contribution is 0.1000. The van der Waals surface area contributed by atoms with E-state index in [2.05, 4.69) is 26.4 Å². The molecule has 0 aliphatic carbocycles. The second-order valence-corrected chi connectivity index (χ2v) is 3.14. The van der Waals surface area contributed by atoms with E-state index in [-0.39, 0.29) is 5.91 Å². The maximum Gasteiger partial charge on any atom is 0.248 e. The maximum absolute atomic E-state index is 10.8. The Labute approximate surface area is 84.8 Å². The fourth-order valence-corrected chi connectivity index (χ4v) is 1.35. The van der Waals surface area contributed by atoms with E-state index in [0.29, 0.717) is 5.56 Å². The van der Waals surface area contributed by atoms with Gasteiger partial charge in [0.1, 0.15) is 0 Å². The Morgan fingerprint density at radius 2 is 2.33 bits per heavy atom. The Morgan fingerprint density at radius 3 is 2.92 bits per heavy atom. The molecule has 0 aliphatic heterocycles. The van der Waals surface area contributed by atoms with E-state index in [9.17, 15) is 4.79 Å². The predicted octanol–water partition coefficient (Wildman–Crippen LogP) is 1.23. The van der Waals surface area contributed by atoms with E-state index in [1.54, 1.807) is 12.1 Å². The molecule has 1 rings (SSSR count). The topological polar surface area (TPSA) is 55.1 Å². The fourth-order valence-electron chi connectivity index (χ4n) is 0.912. The van der Waals surface area contributed by atoms with Gasteiger partial charge in [-0.1, -0.05) is 12.1 Å². The summed E-state index contributed by atoms with van der Waals surface area (Å²) >= 11 is 2.05. The smallest absolute Gasteiger partial charge is 0.248 e. The van der Waals surface area contributed by atoms with Gasteiger partial charge in [-0.15, -0.1) is 0 Å². The van der Waals surface area contributed by atoms with Gasteiger partial charge in [-0.2, -0.15) is 0 Å². The molecule has 3 nitrogen and oxygen atoms in total. The summed E-state index contributed by atoms with van der Waals surface area (Å²) < 4.78 is 2.97. The van der Waals surface area contributed by atoms with Gasteiger partial charge in [0.25, 0.3) is 0 Å². The predicted molar refractivity (Wildman–Crippen MR) is 55.8 cm³/mol. The number of benzene rings is 1. The molecule has 0 aliphatic rings. The fraction of sp³-hybridized carbons (Fsp3) is 0.125. The second-order valence-electron chi connectivity index (χ2n) is 2.38. The van der Waals surface area contributed by atoms with Crippen molar-refractivity contribution in [3.8, 4) is 0 Å². The molecule has 0 saturated carbocycles.